The number of hydrogen-bond donors (Lipinski definition) is 2. The van der Waals surface area contributed by atoms with E-state index in [1.54, 1.807) is 44.2 Å². The van der Waals surface area contributed by atoms with Crippen LogP contribution in [0, 0.1) is 10.1 Å². The van der Waals surface area contributed by atoms with Crippen molar-refractivity contribution in [2.24, 2.45) is 4.99 Å². The number of carbonyl (C=O) groups excluding carboxylic acids is 2. The molecule has 3 rings (SSSR count). The van der Waals surface area contributed by atoms with Crippen LogP contribution in [0.4, 0.5) is 5.69 Å². The van der Waals surface area contributed by atoms with E-state index in [-0.39, 0.29) is 51.3 Å². The average Bonchev–Trinajstić information content (AvgIpc) is 3.11. The molecule has 1 heterocycles. The molecule has 34 heavy (non-hydrogen) atoms. The van der Waals surface area contributed by atoms with E-state index in [1.807, 2.05) is 0 Å². The summed E-state index contributed by atoms with van der Waals surface area (Å²) in [6.07, 6.45) is 1.24. The number of aliphatic hydroxyl groups is 1. The molecule has 0 aromatic heterocycles. The highest BCUT2D eigenvalue weighted by molar-refractivity contribution is 8.18. The molecule has 1 aliphatic rings. The predicted octanol–water partition coefficient (Wildman–Crippen LogP) is 4.40. The Labute approximate surface area is 198 Å². The minimum atomic E-state index is -0.895. The third-order valence-electron chi connectivity index (χ3n) is 4.48. The SMILES string of the molecule is CCOC(=O)C1=C(O)/C(=C/c2cc([N+](=O)[O-])cc(OCC)c2O)SC1=NC(=O)c1ccccc1. The minimum absolute atomic E-state index is 0.0165. The zero-order valence-electron chi connectivity index (χ0n) is 18.2. The second kappa shape index (κ2) is 10.7. The summed E-state index contributed by atoms with van der Waals surface area (Å²) in [7, 11) is 0. The first-order valence-corrected chi connectivity index (χ1v) is 10.9. The number of nitrogens with zero attached hydrogens (tertiary/aromatic N) is 2. The first-order valence-electron chi connectivity index (χ1n) is 10.1. The molecule has 1 amide bonds. The Kier molecular flexibility index (Phi) is 7.69. The van der Waals surface area contributed by atoms with Gasteiger partial charge in [0.2, 0.25) is 0 Å². The number of non-ortho nitro benzene ring substituents is 1. The summed E-state index contributed by atoms with van der Waals surface area (Å²) in [6, 6.07) is 10.3. The normalized spacial score (nSPS) is 15.6. The van der Waals surface area contributed by atoms with Crippen LogP contribution in [0.3, 0.4) is 0 Å². The van der Waals surface area contributed by atoms with Crippen molar-refractivity contribution in [3.63, 3.8) is 0 Å². The van der Waals surface area contributed by atoms with Crippen LogP contribution in [0.1, 0.15) is 29.8 Å². The van der Waals surface area contributed by atoms with E-state index >= 15 is 0 Å². The zero-order chi connectivity index (χ0) is 24.8. The van der Waals surface area contributed by atoms with Gasteiger partial charge >= 0.3 is 5.97 Å². The maximum atomic E-state index is 12.6. The molecule has 2 aromatic carbocycles. The molecular weight excluding hydrogens is 464 g/mol. The van der Waals surface area contributed by atoms with Gasteiger partial charge in [-0.15, -0.1) is 0 Å². The Morgan fingerprint density at radius 1 is 1.15 bits per heavy atom. The highest BCUT2D eigenvalue weighted by atomic mass is 32.2. The molecule has 0 spiro atoms. The number of aliphatic imine (C=N–C) groups is 1. The van der Waals surface area contributed by atoms with Gasteiger partial charge in [-0.05, 0) is 32.1 Å². The van der Waals surface area contributed by atoms with Crippen LogP contribution >= 0.6 is 11.8 Å². The molecule has 2 N–H and O–H groups in total. The predicted molar refractivity (Wildman–Crippen MR) is 126 cm³/mol. The number of ether oxygens (including phenoxy) is 2. The van der Waals surface area contributed by atoms with Gasteiger partial charge in [-0.1, -0.05) is 30.0 Å². The fraction of sp³-hybridized carbons (Fsp3) is 0.174. The molecule has 0 atom stereocenters. The molecule has 0 aliphatic carbocycles. The summed E-state index contributed by atoms with van der Waals surface area (Å²) in [4.78, 5) is 39.7. The average molecular weight is 484 g/mol. The number of rotatable bonds is 7. The summed E-state index contributed by atoms with van der Waals surface area (Å²) in [6.45, 7) is 3.39. The van der Waals surface area contributed by atoms with Crippen molar-refractivity contribution >= 4 is 40.4 Å². The number of carbonyl (C=O) groups is 2. The quantitative estimate of drug-likeness (QED) is 0.331. The lowest BCUT2D eigenvalue weighted by Gasteiger charge is -2.09. The van der Waals surface area contributed by atoms with Crippen molar-refractivity contribution in [2.75, 3.05) is 13.2 Å². The molecule has 1 aliphatic heterocycles. The van der Waals surface area contributed by atoms with Crippen LogP contribution in [0.2, 0.25) is 0 Å². The van der Waals surface area contributed by atoms with E-state index in [1.165, 1.54) is 6.08 Å². The number of aromatic hydroxyl groups is 1. The summed E-state index contributed by atoms with van der Waals surface area (Å²) in [5, 5.41) is 32.5. The monoisotopic (exact) mass is 484 g/mol. The molecule has 0 unspecified atom stereocenters. The van der Waals surface area contributed by atoms with Crippen molar-refractivity contribution in [2.45, 2.75) is 13.8 Å². The number of phenolic OH excluding ortho intramolecular Hbond substituents is 1. The van der Waals surface area contributed by atoms with Crippen molar-refractivity contribution in [3.05, 3.63) is 79.9 Å². The van der Waals surface area contributed by atoms with E-state index in [4.69, 9.17) is 9.47 Å². The summed E-state index contributed by atoms with van der Waals surface area (Å²) < 4.78 is 10.3. The van der Waals surface area contributed by atoms with Crippen molar-refractivity contribution in [1.82, 2.24) is 0 Å². The zero-order valence-corrected chi connectivity index (χ0v) is 19.0. The van der Waals surface area contributed by atoms with Crippen molar-refractivity contribution in [1.29, 1.82) is 0 Å². The molecule has 176 valence electrons. The Morgan fingerprint density at radius 2 is 1.85 bits per heavy atom. The maximum Gasteiger partial charge on any atom is 0.344 e. The molecule has 11 heteroatoms. The number of hydrogen-bond acceptors (Lipinski definition) is 9. The van der Waals surface area contributed by atoms with Crippen LogP contribution in [-0.2, 0) is 9.53 Å². The molecular formula is C23H20N2O8S. The van der Waals surface area contributed by atoms with Crippen LogP contribution in [0.5, 0.6) is 11.5 Å². The van der Waals surface area contributed by atoms with Gasteiger partial charge in [0.25, 0.3) is 11.6 Å². The van der Waals surface area contributed by atoms with Gasteiger partial charge in [-0.3, -0.25) is 14.9 Å². The van der Waals surface area contributed by atoms with Gasteiger partial charge in [0, 0.05) is 17.2 Å². The van der Waals surface area contributed by atoms with Gasteiger partial charge in [0.1, 0.15) is 16.4 Å². The number of benzene rings is 2. The van der Waals surface area contributed by atoms with Crippen LogP contribution in [-0.4, -0.2) is 45.3 Å². The highest BCUT2D eigenvalue weighted by Gasteiger charge is 2.34. The topological polar surface area (TPSA) is 149 Å². The number of thioether (sulfide) groups is 1. The largest absolute Gasteiger partial charge is 0.506 e. The molecule has 0 bridgehead atoms. The summed E-state index contributed by atoms with van der Waals surface area (Å²) in [5.41, 5.74) is -0.436. The van der Waals surface area contributed by atoms with Crippen LogP contribution in [0.15, 0.2) is 63.7 Å². The fourth-order valence-corrected chi connectivity index (χ4v) is 3.97. The summed E-state index contributed by atoms with van der Waals surface area (Å²) >= 11 is 0.785. The second-order valence-electron chi connectivity index (χ2n) is 6.71. The van der Waals surface area contributed by atoms with E-state index < -0.39 is 28.3 Å². The van der Waals surface area contributed by atoms with Crippen LogP contribution < -0.4 is 4.74 Å². The second-order valence-corrected chi connectivity index (χ2v) is 7.75. The standard InChI is InChI=1S/C23H20N2O8S/c1-3-32-16-12-15(25(30)31)10-14(19(16)26)11-17-20(27)18(23(29)33-4-2)22(34-17)24-21(28)13-8-6-5-7-9-13/h5-12,26-27H,3-4H2,1-2H3/b17-11-,24-22?. The van der Waals surface area contributed by atoms with Gasteiger partial charge in [-0.2, -0.15) is 0 Å². The Balaban J connectivity index is 2.11. The molecule has 0 fully saturated rings. The molecule has 0 saturated carbocycles. The van der Waals surface area contributed by atoms with Gasteiger partial charge in [0.15, 0.2) is 11.5 Å². The molecule has 0 saturated heterocycles. The van der Waals surface area contributed by atoms with Crippen molar-refractivity contribution < 1.29 is 34.2 Å². The van der Waals surface area contributed by atoms with Gasteiger partial charge < -0.3 is 19.7 Å². The lowest BCUT2D eigenvalue weighted by Crippen LogP contribution is -2.14. The number of amides is 1. The minimum Gasteiger partial charge on any atom is -0.506 e. The molecule has 2 aromatic rings. The number of nitro groups is 1. The number of phenols is 1. The van der Waals surface area contributed by atoms with E-state index in [2.05, 4.69) is 4.99 Å². The third kappa shape index (κ3) is 5.26. The number of nitro benzene ring substituents is 1. The highest BCUT2D eigenvalue weighted by Crippen LogP contribution is 2.42. The van der Waals surface area contributed by atoms with Crippen molar-refractivity contribution in [3.8, 4) is 11.5 Å². The van der Waals surface area contributed by atoms with E-state index in [0.717, 1.165) is 23.9 Å². The third-order valence-corrected chi connectivity index (χ3v) is 5.50. The lowest BCUT2D eigenvalue weighted by atomic mass is 10.1. The smallest absolute Gasteiger partial charge is 0.344 e. The summed E-state index contributed by atoms with van der Waals surface area (Å²) in [5.74, 6) is -2.58. The van der Waals surface area contributed by atoms with Crippen LogP contribution in [0.25, 0.3) is 6.08 Å². The lowest BCUT2D eigenvalue weighted by molar-refractivity contribution is -0.385. The first-order chi connectivity index (χ1) is 16.3. The molecule has 10 nitrogen and oxygen atoms in total. The first kappa shape index (κ1) is 24.5. The Hall–Kier alpha value is -4.12. The van der Waals surface area contributed by atoms with Gasteiger partial charge in [0.05, 0.1) is 29.1 Å². The Morgan fingerprint density at radius 3 is 2.47 bits per heavy atom. The molecule has 0 radical (unpaired) electrons. The fourth-order valence-electron chi connectivity index (χ4n) is 2.97. The van der Waals surface area contributed by atoms with E-state index in [0.29, 0.717) is 0 Å². The number of aliphatic hydroxyl groups excluding tert-OH is 1. The van der Waals surface area contributed by atoms with Gasteiger partial charge in [-0.25, -0.2) is 9.79 Å². The maximum absolute atomic E-state index is 12.6. The number of esters is 1. The van der Waals surface area contributed by atoms with E-state index in [9.17, 15) is 29.9 Å². The Bertz CT molecular complexity index is 1240.